The summed E-state index contributed by atoms with van der Waals surface area (Å²) in [6.45, 7) is 2.25. The van der Waals surface area contributed by atoms with E-state index in [0.717, 1.165) is 28.4 Å². The Balaban J connectivity index is 1.31. The van der Waals surface area contributed by atoms with E-state index < -0.39 is 0 Å². The zero-order valence-corrected chi connectivity index (χ0v) is 16.1. The molecule has 3 nitrogen and oxygen atoms in total. The molecule has 4 saturated carbocycles. The van der Waals surface area contributed by atoms with Crippen molar-refractivity contribution in [2.45, 2.75) is 56.4 Å². The first kappa shape index (κ1) is 17.3. The van der Waals surface area contributed by atoms with Crippen LogP contribution in [0.15, 0.2) is 29.2 Å². The fourth-order valence-corrected chi connectivity index (χ4v) is 6.67. The van der Waals surface area contributed by atoms with E-state index >= 15 is 0 Å². The highest BCUT2D eigenvalue weighted by Crippen LogP contribution is 2.61. The van der Waals surface area contributed by atoms with E-state index in [4.69, 9.17) is 4.74 Å². The third-order valence-corrected chi connectivity index (χ3v) is 7.82. The molecule has 0 heterocycles. The van der Waals surface area contributed by atoms with Gasteiger partial charge in [-0.2, -0.15) is 0 Å². The molecule has 1 amide bonds. The molecule has 0 unspecified atom stereocenters. The molecular weight excluding hydrogens is 330 g/mol. The molecule has 0 spiro atoms. The average Bonchev–Trinajstić information content (AvgIpc) is 2.59. The third-order valence-electron chi connectivity index (χ3n) is 6.81. The van der Waals surface area contributed by atoms with Gasteiger partial charge in [-0.3, -0.25) is 4.79 Å². The van der Waals surface area contributed by atoms with Crippen LogP contribution in [0, 0.1) is 23.2 Å². The Morgan fingerprint density at radius 1 is 1.16 bits per heavy atom. The van der Waals surface area contributed by atoms with Crippen LogP contribution in [0.3, 0.4) is 0 Å². The second kappa shape index (κ2) is 6.86. The smallest absolute Gasteiger partial charge is 0.230 e. The summed E-state index contributed by atoms with van der Waals surface area (Å²) in [5, 5.41) is 3.35. The van der Waals surface area contributed by atoms with Gasteiger partial charge in [-0.25, -0.2) is 0 Å². The average molecular weight is 360 g/mol. The second-order valence-electron chi connectivity index (χ2n) is 8.53. The van der Waals surface area contributed by atoms with Gasteiger partial charge in [0.25, 0.3) is 0 Å². The molecule has 25 heavy (non-hydrogen) atoms. The van der Waals surface area contributed by atoms with Crippen molar-refractivity contribution in [2.75, 3.05) is 12.9 Å². The van der Waals surface area contributed by atoms with Crippen LogP contribution in [0.25, 0.3) is 0 Å². The van der Waals surface area contributed by atoms with Gasteiger partial charge in [0, 0.05) is 10.9 Å². The Kier molecular flexibility index (Phi) is 4.74. The highest BCUT2D eigenvalue weighted by molar-refractivity contribution is 8.00. The molecule has 4 fully saturated rings. The number of ether oxygens (including phenoxy) is 1. The van der Waals surface area contributed by atoms with Crippen LogP contribution in [-0.2, 0) is 4.79 Å². The number of rotatable bonds is 6. The summed E-state index contributed by atoms with van der Waals surface area (Å²) in [6.07, 6.45) is 8.37. The summed E-state index contributed by atoms with van der Waals surface area (Å²) in [4.78, 5) is 13.6. The number of thioether (sulfide) groups is 1. The van der Waals surface area contributed by atoms with Crippen LogP contribution in [-0.4, -0.2) is 24.8 Å². The van der Waals surface area contributed by atoms with Gasteiger partial charge in [0.15, 0.2) is 0 Å². The fourth-order valence-electron chi connectivity index (χ4n) is 5.97. The maximum absolute atomic E-state index is 12.5. The van der Waals surface area contributed by atoms with Crippen molar-refractivity contribution in [3.63, 3.8) is 0 Å². The van der Waals surface area contributed by atoms with Crippen molar-refractivity contribution >= 4 is 17.7 Å². The number of carbonyl (C=O) groups is 1. The maximum Gasteiger partial charge on any atom is 0.230 e. The van der Waals surface area contributed by atoms with E-state index in [9.17, 15) is 4.79 Å². The molecule has 5 rings (SSSR count). The molecule has 1 aromatic carbocycles. The van der Waals surface area contributed by atoms with Crippen molar-refractivity contribution in [1.82, 2.24) is 5.32 Å². The number of benzene rings is 1. The number of carbonyl (C=O) groups excluding carboxylic acids is 1. The molecular formula is C21H29NO2S. The van der Waals surface area contributed by atoms with Crippen molar-refractivity contribution in [3.8, 4) is 5.75 Å². The zero-order valence-electron chi connectivity index (χ0n) is 15.3. The summed E-state index contributed by atoms with van der Waals surface area (Å²) in [5.74, 6) is 4.30. The van der Waals surface area contributed by atoms with Gasteiger partial charge in [-0.1, -0.05) is 0 Å². The number of hydrogen-bond acceptors (Lipinski definition) is 3. The minimum atomic E-state index is 0.170. The van der Waals surface area contributed by atoms with Gasteiger partial charge >= 0.3 is 0 Å². The van der Waals surface area contributed by atoms with Crippen LogP contribution in [0.2, 0.25) is 0 Å². The lowest BCUT2D eigenvalue weighted by Crippen LogP contribution is -2.56. The SMILES string of the molecule is COc1ccc(SCC(=O)N[C@H](C)C23CC4CC(CC(C4)C2)C3)cc1. The monoisotopic (exact) mass is 359 g/mol. The van der Waals surface area contributed by atoms with E-state index in [1.165, 1.54) is 38.5 Å². The Morgan fingerprint density at radius 3 is 2.24 bits per heavy atom. The summed E-state index contributed by atoms with van der Waals surface area (Å²) in [6, 6.07) is 8.22. The molecule has 0 aromatic heterocycles. The normalized spacial score (nSPS) is 33.9. The third kappa shape index (κ3) is 3.55. The summed E-state index contributed by atoms with van der Waals surface area (Å²) < 4.78 is 5.18. The van der Waals surface area contributed by atoms with E-state index in [-0.39, 0.29) is 5.91 Å². The van der Waals surface area contributed by atoms with Crippen molar-refractivity contribution in [1.29, 1.82) is 0 Å². The molecule has 4 bridgehead atoms. The quantitative estimate of drug-likeness (QED) is 0.760. The molecule has 4 heteroatoms. The minimum Gasteiger partial charge on any atom is -0.497 e. The van der Waals surface area contributed by atoms with E-state index in [2.05, 4.69) is 12.2 Å². The Morgan fingerprint density at radius 2 is 1.72 bits per heavy atom. The van der Waals surface area contributed by atoms with Crippen molar-refractivity contribution in [2.24, 2.45) is 23.2 Å². The molecule has 1 atom stereocenters. The van der Waals surface area contributed by atoms with Crippen LogP contribution in [0.4, 0.5) is 0 Å². The molecule has 1 N–H and O–H groups in total. The predicted octanol–water partition coefficient (Wildman–Crippen LogP) is 4.51. The highest BCUT2D eigenvalue weighted by atomic mass is 32.2. The van der Waals surface area contributed by atoms with Gasteiger partial charge in [-0.15, -0.1) is 11.8 Å². The van der Waals surface area contributed by atoms with Crippen LogP contribution in [0.5, 0.6) is 5.75 Å². The lowest BCUT2D eigenvalue weighted by Gasteiger charge is -2.59. The van der Waals surface area contributed by atoms with Gasteiger partial charge < -0.3 is 10.1 Å². The van der Waals surface area contributed by atoms with Gasteiger partial charge in [0.05, 0.1) is 12.9 Å². The Bertz CT molecular complexity index is 592. The lowest BCUT2D eigenvalue weighted by molar-refractivity contribution is -0.123. The molecule has 4 aliphatic rings. The molecule has 1 aromatic rings. The van der Waals surface area contributed by atoms with Crippen LogP contribution < -0.4 is 10.1 Å². The van der Waals surface area contributed by atoms with Crippen molar-refractivity contribution < 1.29 is 9.53 Å². The summed E-state index contributed by atoms with van der Waals surface area (Å²) in [5.41, 5.74) is 0.384. The fraction of sp³-hybridized carbons (Fsp3) is 0.667. The highest BCUT2D eigenvalue weighted by Gasteiger charge is 2.53. The van der Waals surface area contributed by atoms with Crippen molar-refractivity contribution in [3.05, 3.63) is 24.3 Å². The standard InChI is InChI=1S/C21H29NO2S/c1-14(21-10-15-7-16(11-21)9-17(8-15)12-21)22-20(23)13-25-19-5-3-18(24-2)4-6-19/h3-6,14-17H,7-13H2,1-2H3,(H,22,23)/t14-,15?,16?,17?,21?/m1/s1. The lowest BCUT2D eigenvalue weighted by atomic mass is 9.48. The maximum atomic E-state index is 12.5. The second-order valence-corrected chi connectivity index (χ2v) is 9.58. The predicted molar refractivity (Wildman–Crippen MR) is 102 cm³/mol. The number of amides is 1. The zero-order chi connectivity index (χ0) is 17.4. The Labute approximate surface area is 155 Å². The van der Waals surface area contributed by atoms with E-state index in [0.29, 0.717) is 17.2 Å². The Hall–Kier alpha value is -1.16. The molecule has 4 aliphatic carbocycles. The largest absolute Gasteiger partial charge is 0.497 e. The summed E-state index contributed by atoms with van der Waals surface area (Å²) >= 11 is 1.60. The van der Waals surface area contributed by atoms with Gasteiger partial charge in [-0.05, 0) is 92.9 Å². The summed E-state index contributed by atoms with van der Waals surface area (Å²) in [7, 11) is 1.67. The molecule has 0 aliphatic heterocycles. The number of methoxy groups -OCH3 is 1. The number of nitrogens with one attached hydrogen (secondary N) is 1. The van der Waals surface area contributed by atoms with E-state index in [1.807, 2.05) is 24.3 Å². The van der Waals surface area contributed by atoms with Crippen LogP contribution in [0.1, 0.15) is 45.4 Å². The molecule has 0 saturated heterocycles. The number of hydrogen-bond donors (Lipinski definition) is 1. The van der Waals surface area contributed by atoms with Gasteiger partial charge in [0.2, 0.25) is 5.91 Å². The first-order valence-corrected chi connectivity index (χ1v) is 10.6. The first-order chi connectivity index (χ1) is 12.1. The van der Waals surface area contributed by atoms with Gasteiger partial charge in [0.1, 0.15) is 5.75 Å². The van der Waals surface area contributed by atoms with Crippen LogP contribution >= 0.6 is 11.8 Å². The molecule has 0 radical (unpaired) electrons. The molecule has 136 valence electrons. The van der Waals surface area contributed by atoms with E-state index in [1.54, 1.807) is 18.9 Å². The minimum absolute atomic E-state index is 0.170. The first-order valence-electron chi connectivity index (χ1n) is 9.62. The topological polar surface area (TPSA) is 38.3 Å².